The van der Waals surface area contributed by atoms with Gasteiger partial charge in [0, 0.05) is 25.8 Å². The Balaban J connectivity index is 1.64. The van der Waals surface area contributed by atoms with Gasteiger partial charge >= 0.3 is 0 Å². The summed E-state index contributed by atoms with van der Waals surface area (Å²) in [7, 11) is 3.28. The van der Waals surface area contributed by atoms with E-state index in [-0.39, 0.29) is 0 Å². The quantitative estimate of drug-likeness (QED) is 0.869. The van der Waals surface area contributed by atoms with Crippen molar-refractivity contribution in [3.8, 4) is 11.5 Å². The zero-order valence-electron chi connectivity index (χ0n) is 15.2. The van der Waals surface area contributed by atoms with Crippen molar-refractivity contribution < 1.29 is 9.47 Å². The molecule has 0 spiro atoms. The molecule has 0 aliphatic carbocycles. The molecule has 0 radical (unpaired) electrons. The summed E-state index contributed by atoms with van der Waals surface area (Å²) in [4.78, 5) is 11.4. The number of methoxy groups -OCH3 is 2. The molecule has 6 nitrogen and oxygen atoms in total. The van der Waals surface area contributed by atoms with E-state index in [1.807, 2.05) is 30.5 Å². The van der Waals surface area contributed by atoms with Crippen molar-refractivity contribution in [3.05, 3.63) is 36.0 Å². The number of anilines is 2. The van der Waals surface area contributed by atoms with E-state index in [0.29, 0.717) is 6.54 Å². The Morgan fingerprint density at radius 2 is 1.88 bits per heavy atom. The molecule has 0 atom stereocenters. The highest BCUT2D eigenvalue weighted by Gasteiger charge is 2.18. The van der Waals surface area contributed by atoms with Crippen LogP contribution in [0.1, 0.15) is 25.3 Å². The minimum Gasteiger partial charge on any atom is -0.493 e. The van der Waals surface area contributed by atoms with Crippen LogP contribution in [0.4, 0.5) is 11.8 Å². The molecule has 1 saturated heterocycles. The summed E-state index contributed by atoms with van der Waals surface area (Å²) in [6.45, 7) is 5.02. The molecule has 2 aromatic rings. The third kappa shape index (κ3) is 4.32. The Morgan fingerprint density at radius 1 is 1.12 bits per heavy atom. The predicted molar refractivity (Wildman–Crippen MR) is 99.5 cm³/mol. The number of nitrogens with one attached hydrogen (secondary N) is 1. The van der Waals surface area contributed by atoms with E-state index in [2.05, 4.69) is 27.1 Å². The van der Waals surface area contributed by atoms with Crippen molar-refractivity contribution in [2.75, 3.05) is 37.5 Å². The van der Waals surface area contributed by atoms with Gasteiger partial charge in [-0.25, -0.2) is 4.98 Å². The largest absolute Gasteiger partial charge is 0.493 e. The van der Waals surface area contributed by atoms with E-state index in [9.17, 15) is 0 Å². The van der Waals surface area contributed by atoms with Gasteiger partial charge in [-0.15, -0.1) is 0 Å². The first-order valence-corrected chi connectivity index (χ1v) is 8.72. The van der Waals surface area contributed by atoms with Gasteiger partial charge < -0.3 is 19.7 Å². The maximum Gasteiger partial charge on any atom is 0.227 e. The topological polar surface area (TPSA) is 59.5 Å². The predicted octanol–water partition coefficient (Wildman–Crippen LogP) is 3.34. The molecule has 25 heavy (non-hydrogen) atoms. The summed E-state index contributed by atoms with van der Waals surface area (Å²) < 4.78 is 10.6. The molecule has 0 unspecified atom stereocenters. The number of aromatic nitrogens is 2. The first-order chi connectivity index (χ1) is 12.2. The molecule has 0 bridgehead atoms. The molecular weight excluding hydrogens is 316 g/mol. The monoisotopic (exact) mass is 342 g/mol. The third-order valence-corrected chi connectivity index (χ3v) is 4.63. The molecule has 1 fully saturated rings. The molecule has 1 aliphatic rings. The molecule has 1 N–H and O–H groups in total. The van der Waals surface area contributed by atoms with Gasteiger partial charge in [0.15, 0.2) is 11.5 Å². The van der Waals surface area contributed by atoms with Gasteiger partial charge in [0.25, 0.3) is 0 Å². The zero-order valence-corrected chi connectivity index (χ0v) is 15.2. The Morgan fingerprint density at radius 3 is 2.60 bits per heavy atom. The van der Waals surface area contributed by atoms with Gasteiger partial charge in [-0.1, -0.05) is 13.0 Å². The lowest BCUT2D eigenvalue weighted by Gasteiger charge is -2.30. The van der Waals surface area contributed by atoms with Crippen LogP contribution in [-0.4, -0.2) is 37.3 Å². The lowest BCUT2D eigenvalue weighted by molar-refractivity contribution is 0.354. The van der Waals surface area contributed by atoms with Gasteiger partial charge in [0.2, 0.25) is 5.95 Å². The van der Waals surface area contributed by atoms with Crippen LogP contribution >= 0.6 is 0 Å². The molecule has 1 aromatic heterocycles. The van der Waals surface area contributed by atoms with Crippen LogP contribution in [0.5, 0.6) is 11.5 Å². The molecular formula is C19H26N4O2. The Labute approximate surface area is 149 Å². The SMILES string of the molecule is COc1ccc(CNc2ccnc(N3CCC(C)CC3)n2)cc1OC. The van der Waals surface area contributed by atoms with E-state index in [4.69, 9.17) is 9.47 Å². The first kappa shape index (κ1) is 17.3. The van der Waals surface area contributed by atoms with Crippen molar-refractivity contribution in [1.29, 1.82) is 0 Å². The summed E-state index contributed by atoms with van der Waals surface area (Å²) in [6, 6.07) is 7.80. The average Bonchev–Trinajstić information content (AvgIpc) is 2.67. The molecule has 2 heterocycles. The number of rotatable bonds is 6. The first-order valence-electron chi connectivity index (χ1n) is 8.72. The van der Waals surface area contributed by atoms with Gasteiger partial charge in [0.05, 0.1) is 14.2 Å². The highest BCUT2D eigenvalue weighted by molar-refractivity contribution is 5.45. The molecule has 1 aliphatic heterocycles. The zero-order chi connectivity index (χ0) is 17.6. The van der Waals surface area contributed by atoms with E-state index in [1.54, 1.807) is 14.2 Å². The van der Waals surface area contributed by atoms with Crippen molar-refractivity contribution in [2.45, 2.75) is 26.3 Å². The molecule has 1 aromatic carbocycles. The number of benzene rings is 1. The maximum absolute atomic E-state index is 5.35. The van der Waals surface area contributed by atoms with Gasteiger partial charge in [-0.2, -0.15) is 4.98 Å². The summed E-state index contributed by atoms with van der Waals surface area (Å²) >= 11 is 0. The van der Waals surface area contributed by atoms with Crippen LogP contribution in [0.15, 0.2) is 30.5 Å². The highest BCUT2D eigenvalue weighted by Crippen LogP contribution is 2.28. The third-order valence-electron chi connectivity index (χ3n) is 4.63. The normalized spacial score (nSPS) is 15.1. The summed E-state index contributed by atoms with van der Waals surface area (Å²) in [5.41, 5.74) is 1.10. The number of hydrogen-bond acceptors (Lipinski definition) is 6. The fraction of sp³-hybridized carbons (Fsp3) is 0.474. The van der Waals surface area contributed by atoms with Crippen molar-refractivity contribution in [2.24, 2.45) is 5.92 Å². The highest BCUT2D eigenvalue weighted by atomic mass is 16.5. The second-order valence-corrected chi connectivity index (χ2v) is 6.45. The lowest BCUT2D eigenvalue weighted by atomic mass is 10.00. The van der Waals surface area contributed by atoms with Gasteiger partial charge in [-0.05, 0) is 42.5 Å². The van der Waals surface area contributed by atoms with E-state index >= 15 is 0 Å². The van der Waals surface area contributed by atoms with Crippen LogP contribution in [0, 0.1) is 5.92 Å². The van der Waals surface area contributed by atoms with Gasteiger partial charge in [0.1, 0.15) is 5.82 Å². The summed E-state index contributed by atoms with van der Waals surface area (Å²) in [6.07, 6.45) is 4.22. The number of nitrogens with zero attached hydrogens (tertiary/aromatic N) is 3. The molecule has 0 saturated carbocycles. The smallest absolute Gasteiger partial charge is 0.227 e. The summed E-state index contributed by atoms with van der Waals surface area (Å²) in [5.74, 6) is 3.90. The van der Waals surface area contributed by atoms with Crippen molar-refractivity contribution >= 4 is 11.8 Å². The molecule has 3 rings (SSSR count). The fourth-order valence-electron chi connectivity index (χ4n) is 2.99. The fourth-order valence-corrected chi connectivity index (χ4v) is 2.99. The lowest BCUT2D eigenvalue weighted by Crippen LogP contribution is -2.34. The van der Waals surface area contributed by atoms with Crippen LogP contribution in [-0.2, 0) is 6.54 Å². The van der Waals surface area contributed by atoms with Gasteiger partial charge in [-0.3, -0.25) is 0 Å². The van der Waals surface area contributed by atoms with Crippen LogP contribution in [0.25, 0.3) is 0 Å². The Bertz CT molecular complexity index is 700. The molecule has 0 amide bonds. The maximum atomic E-state index is 5.35. The number of ether oxygens (including phenoxy) is 2. The molecule has 6 heteroatoms. The molecule has 134 valence electrons. The minimum absolute atomic E-state index is 0.661. The standard InChI is InChI=1S/C19H26N4O2/c1-14-7-10-23(11-8-14)19-20-9-6-18(22-19)21-13-15-4-5-16(24-2)17(12-15)25-3/h4-6,9,12,14H,7-8,10-11,13H2,1-3H3,(H,20,21,22). The minimum atomic E-state index is 0.661. The van der Waals surface area contributed by atoms with Crippen molar-refractivity contribution in [1.82, 2.24) is 9.97 Å². The second kappa shape index (κ2) is 8.05. The van der Waals surface area contributed by atoms with E-state index < -0.39 is 0 Å². The Hall–Kier alpha value is -2.50. The van der Waals surface area contributed by atoms with E-state index in [1.165, 1.54) is 12.8 Å². The number of piperidine rings is 1. The number of hydrogen-bond donors (Lipinski definition) is 1. The second-order valence-electron chi connectivity index (χ2n) is 6.45. The summed E-state index contributed by atoms with van der Waals surface area (Å²) in [5, 5.41) is 3.36. The van der Waals surface area contributed by atoms with Crippen LogP contribution in [0.2, 0.25) is 0 Å². The average molecular weight is 342 g/mol. The Kier molecular flexibility index (Phi) is 5.58. The van der Waals surface area contributed by atoms with Crippen LogP contribution < -0.4 is 19.7 Å². The van der Waals surface area contributed by atoms with Crippen molar-refractivity contribution in [3.63, 3.8) is 0 Å². The van der Waals surface area contributed by atoms with E-state index in [0.717, 1.165) is 47.8 Å². The van der Waals surface area contributed by atoms with Crippen LogP contribution in [0.3, 0.4) is 0 Å².